The third-order valence-electron chi connectivity index (χ3n) is 2.22. The number of fused-ring (bicyclic) bond motifs is 1. The first-order valence-corrected chi connectivity index (χ1v) is 4.16. The van der Waals surface area contributed by atoms with Gasteiger partial charge in [-0.05, 0) is 6.07 Å². The Morgan fingerprint density at radius 3 is 2.60 bits per heavy atom. The van der Waals surface area contributed by atoms with Gasteiger partial charge in [-0.1, -0.05) is 12.1 Å². The van der Waals surface area contributed by atoms with Crippen molar-refractivity contribution in [1.29, 1.82) is 0 Å². The van der Waals surface area contributed by atoms with Crippen molar-refractivity contribution in [2.45, 2.75) is 6.10 Å². The van der Waals surface area contributed by atoms with Crippen molar-refractivity contribution in [3.8, 4) is 5.75 Å². The quantitative estimate of drug-likeness (QED) is 0.556. The van der Waals surface area contributed by atoms with E-state index in [1.165, 1.54) is 18.2 Å². The lowest BCUT2D eigenvalue weighted by molar-refractivity contribution is -0.130. The van der Waals surface area contributed by atoms with E-state index in [1.54, 1.807) is 0 Å². The van der Waals surface area contributed by atoms with Gasteiger partial charge in [0.1, 0.15) is 5.75 Å². The van der Waals surface area contributed by atoms with Crippen molar-refractivity contribution in [3.05, 3.63) is 29.3 Å². The summed E-state index contributed by atoms with van der Waals surface area (Å²) >= 11 is 0. The zero-order valence-corrected chi connectivity index (χ0v) is 7.47. The van der Waals surface area contributed by atoms with Gasteiger partial charge < -0.3 is 9.84 Å². The van der Waals surface area contributed by atoms with Gasteiger partial charge in [-0.2, -0.15) is 0 Å². The van der Waals surface area contributed by atoms with Crippen molar-refractivity contribution in [2.24, 2.45) is 0 Å². The van der Waals surface area contributed by atoms with E-state index in [-0.39, 0.29) is 23.3 Å². The molecule has 0 aromatic heterocycles. The van der Waals surface area contributed by atoms with Crippen LogP contribution in [0.1, 0.15) is 20.7 Å². The Morgan fingerprint density at radius 2 is 2.00 bits per heavy atom. The van der Waals surface area contributed by atoms with Crippen LogP contribution in [0, 0.1) is 0 Å². The maximum absolute atomic E-state index is 11.6. The summed E-state index contributed by atoms with van der Waals surface area (Å²) in [5.74, 6) is -1.55. The standard InChI is InChI=1S/C10H6O5/c11-4-15-10-8(13)5-2-1-3-6(12)7(5)9(10)14/h1-4,10,12H. The lowest BCUT2D eigenvalue weighted by atomic mass is 10.1. The molecule has 1 unspecified atom stereocenters. The highest BCUT2D eigenvalue weighted by atomic mass is 16.5. The molecular weight excluding hydrogens is 200 g/mol. The van der Waals surface area contributed by atoms with Crippen LogP contribution in [0.4, 0.5) is 0 Å². The van der Waals surface area contributed by atoms with E-state index >= 15 is 0 Å². The van der Waals surface area contributed by atoms with E-state index in [0.29, 0.717) is 0 Å². The highest BCUT2D eigenvalue weighted by Crippen LogP contribution is 2.30. The molecule has 0 bridgehead atoms. The Labute approximate surface area is 84.3 Å². The van der Waals surface area contributed by atoms with E-state index in [9.17, 15) is 19.5 Å². The van der Waals surface area contributed by atoms with Crippen molar-refractivity contribution in [1.82, 2.24) is 0 Å². The number of Topliss-reactive ketones (excluding diaryl/α,β-unsaturated/α-hetero) is 2. The first-order valence-electron chi connectivity index (χ1n) is 4.16. The summed E-state index contributed by atoms with van der Waals surface area (Å²) < 4.78 is 4.37. The molecule has 5 nitrogen and oxygen atoms in total. The molecule has 76 valence electrons. The molecule has 1 atom stereocenters. The number of hydrogen-bond donors (Lipinski definition) is 1. The summed E-state index contributed by atoms with van der Waals surface area (Å²) in [6, 6.07) is 4.15. The Morgan fingerprint density at radius 1 is 1.27 bits per heavy atom. The number of ether oxygens (including phenoxy) is 1. The smallest absolute Gasteiger partial charge is 0.294 e. The van der Waals surface area contributed by atoms with Crippen LogP contribution in [0.2, 0.25) is 0 Å². The molecule has 15 heavy (non-hydrogen) atoms. The van der Waals surface area contributed by atoms with Crippen molar-refractivity contribution in [2.75, 3.05) is 0 Å². The van der Waals surface area contributed by atoms with Gasteiger partial charge in [0.25, 0.3) is 6.47 Å². The fourth-order valence-corrected chi connectivity index (χ4v) is 1.57. The summed E-state index contributed by atoms with van der Waals surface area (Å²) in [6.45, 7) is 0.0450. The fourth-order valence-electron chi connectivity index (χ4n) is 1.57. The lowest BCUT2D eigenvalue weighted by Gasteiger charge is -2.02. The molecule has 2 rings (SSSR count). The Hall–Kier alpha value is -2.17. The highest BCUT2D eigenvalue weighted by Gasteiger charge is 2.41. The zero-order chi connectivity index (χ0) is 11.0. The highest BCUT2D eigenvalue weighted by molar-refractivity contribution is 6.29. The summed E-state index contributed by atoms with van der Waals surface area (Å²) in [6.07, 6.45) is -1.44. The molecule has 0 radical (unpaired) electrons. The monoisotopic (exact) mass is 206 g/mol. The molecule has 1 aromatic rings. The van der Waals surface area contributed by atoms with Crippen LogP contribution in [-0.2, 0) is 9.53 Å². The maximum Gasteiger partial charge on any atom is 0.294 e. The predicted molar refractivity (Wildman–Crippen MR) is 47.7 cm³/mol. The first kappa shape index (κ1) is 9.39. The van der Waals surface area contributed by atoms with Gasteiger partial charge in [0.15, 0.2) is 0 Å². The minimum atomic E-state index is -1.44. The summed E-state index contributed by atoms with van der Waals surface area (Å²) in [5, 5.41) is 9.39. The molecular formula is C10H6O5. The van der Waals surface area contributed by atoms with Crippen molar-refractivity contribution >= 4 is 18.0 Å². The zero-order valence-electron chi connectivity index (χ0n) is 7.47. The van der Waals surface area contributed by atoms with Crippen LogP contribution in [0.3, 0.4) is 0 Å². The molecule has 1 aliphatic carbocycles. The molecule has 1 aromatic carbocycles. The van der Waals surface area contributed by atoms with E-state index in [0.717, 1.165) is 0 Å². The lowest BCUT2D eigenvalue weighted by Crippen LogP contribution is -2.25. The van der Waals surface area contributed by atoms with Crippen LogP contribution in [0.5, 0.6) is 5.75 Å². The molecule has 5 heteroatoms. The normalized spacial score (nSPS) is 18.8. The molecule has 0 amide bonds. The topological polar surface area (TPSA) is 80.7 Å². The molecule has 0 heterocycles. The van der Waals surface area contributed by atoms with Crippen molar-refractivity contribution < 1.29 is 24.2 Å². The summed E-state index contributed by atoms with van der Waals surface area (Å²) in [7, 11) is 0. The van der Waals surface area contributed by atoms with Gasteiger partial charge in [0, 0.05) is 5.56 Å². The van der Waals surface area contributed by atoms with E-state index in [2.05, 4.69) is 4.74 Å². The fraction of sp³-hybridized carbons (Fsp3) is 0.100. The molecule has 1 N–H and O–H groups in total. The Kier molecular flexibility index (Phi) is 2.00. The average molecular weight is 206 g/mol. The summed E-state index contributed by atoms with van der Waals surface area (Å²) in [4.78, 5) is 33.2. The Bertz CT molecular complexity index is 463. The molecule has 0 saturated carbocycles. The molecule has 0 spiro atoms. The number of phenolic OH excluding ortho intramolecular Hbond substituents is 1. The van der Waals surface area contributed by atoms with Gasteiger partial charge >= 0.3 is 0 Å². The second kappa shape index (κ2) is 3.20. The van der Waals surface area contributed by atoms with Crippen molar-refractivity contribution in [3.63, 3.8) is 0 Å². The summed E-state index contributed by atoms with van der Waals surface area (Å²) in [5.41, 5.74) is 0.0150. The van der Waals surface area contributed by atoms with Crippen LogP contribution in [0.25, 0.3) is 0 Å². The van der Waals surface area contributed by atoms with Gasteiger partial charge in [-0.25, -0.2) is 0 Å². The van der Waals surface area contributed by atoms with Gasteiger partial charge in [-0.3, -0.25) is 14.4 Å². The molecule has 0 saturated heterocycles. The van der Waals surface area contributed by atoms with Gasteiger partial charge in [0.2, 0.25) is 17.7 Å². The van der Waals surface area contributed by atoms with Gasteiger partial charge in [-0.15, -0.1) is 0 Å². The van der Waals surface area contributed by atoms with Crippen LogP contribution < -0.4 is 0 Å². The molecule has 1 aliphatic rings. The third kappa shape index (κ3) is 1.20. The van der Waals surface area contributed by atoms with E-state index in [1.807, 2.05) is 0 Å². The SMILES string of the molecule is O=COC1C(=O)c2cccc(O)c2C1=O. The molecule has 0 aliphatic heterocycles. The average Bonchev–Trinajstić information content (AvgIpc) is 2.45. The van der Waals surface area contributed by atoms with E-state index < -0.39 is 17.7 Å². The van der Waals surface area contributed by atoms with Crippen LogP contribution in [-0.4, -0.2) is 29.2 Å². The number of rotatable bonds is 2. The molecule has 0 fully saturated rings. The predicted octanol–water partition coefficient (Wildman–Crippen LogP) is 0.313. The minimum Gasteiger partial charge on any atom is -0.507 e. The number of benzene rings is 1. The van der Waals surface area contributed by atoms with Gasteiger partial charge in [0.05, 0.1) is 5.56 Å². The number of phenols is 1. The first-order chi connectivity index (χ1) is 7.16. The number of aromatic hydroxyl groups is 1. The largest absolute Gasteiger partial charge is 0.507 e. The number of hydrogen-bond acceptors (Lipinski definition) is 5. The van der Waals surface area contributed by atoms with Crippen LogP contribution in [0.15, 0.2) is 18.2 Å². The number of carbonyl (C=O) groups excluding carboxylic acids is 3. The number of ketones is 2. The van der Waals surface area contributed by atoms with E-state index in [4.69, 9.17) is 0 Å². The maximum atomic E-state index is 11.6. The second-order valence-electron chi connectivity index (χ2n) is 3.04. The number of carbonyl (C=O) groups is 3. The Balaban J connectivity index is 2.55. The van der Waals surface area contributed by atoms with Crippen LogP contribution >= 0.6 is 0 Å². The second-order valence-corrected chi connectivity index (χ2v) is 3.04. The minimum absolute atomic E-state index is 0.0450. The third-order valence-corrected chi connectivity index (χ3v) is 2.22.